The van der Waals surface area contributed by atoms with E-state index in [0.29, 0.717) is 12.1 Å². The number of benzene rings is 1. The third-order valence-corrected chi connectivity index (χ3v) is 5.69. The lowest BCUT2D eigenvalue weighted by Crippen LogP contribution is -2.42. The molecule has 2 amide bonds. The first-order valence-electron chi connectivity index (χ1n) is 10.0. The summed E-state index contributed by atoms with van der Waals surface area (Å²) in [6.07, 6.45) is 8.78. The summed E-state index contributed by atoms with van der Waals surface area (Å²) in [5.41, 5.74) is 1.69. The number of hydrogen-bond donors (Lipinski definition) is 1. The van der Waals surface area contributed by atoms with Crippen LogP contribution in [0.2, 0.25) is 0 Å². The van der Waals surface area contributed by atoms with Crippen LogP contribution in [0.3, 0.4) is 0 Å². The first kappa shape index (κ1) is 18.6. The van der Waals surface area contributed by atoms with Gasteiger partial charge in [0.15, 0.2) is 0 Å². The Hall–Kier alpha value is -2.22. The van der Waals surface area contributed by atoms with E-state index in [9.17, 15) is 10.1 Å². The number of urea groups is 1. The monoisotopic (exact) mass is 354 g/mol. The van der Waals surface area contributed by atoms with Gasteiger partial charge in [0.25, 0.3) is 0 Å². The van der Waals surface area contributed by atoms with Crippen LogP contribution in [0, 0.1) is 17.2 Å². The molecule has 0 unspecified atom stereocenters. The molecule has 0 spiro atoms. The van der Waals surface area contributed by atoms with Gasteiger partial charge in [0, 0.05) is 32.7 Å². The van der Waals surface area contributed by atoms with Crippen LogP contribution in [0.4, 0.5) is 10.5 Å². The molecule has 0 aromatic heterocycles. The highest BCUT2D eigenvalue weighted by molar-refractivity contribution is 5.74. The molecule has 26 heavy (non-hydrogen) atoms. The van der Waals surface area contributed by atoms with Gasteiger partial charge < -0.3 is 15.1 Å². The molecule has 3 rings (SSSR count). The predicted molar refractivity (Wildman–Crippen MR) is 104 cm³/mol. The van der Waals surface area contributed by atoms with Gasteiger partial charge in [-0.05, 0) is 37.3 Å². The highest BCUT2D eigenvalue weighted by Crippen LogP contribution is 2.28. The lowest BCUT2D eigenvalue weighted by atomic mass is 10.0. The minimum atomic E-state index is 0.0619. The Morgan fingerprint density at radius 2 is 1.92 bits per heavy atom. The van der Waals surface area contributed by atoms with E-state index in [-0.39, 0.29) is 6.03 Å². The third kappa shape index (κ3) is 4.91. The van der Waals surface area contributed by atoms with Gasteiger partial charge in [0.05, 0.1) is 11.3 Å². The fourth-order valence-electron chi connectivity index (χ4n) is 4.20. The minimum absolute atomic E-state index is 0.0619. The van der Waals surface area contributed by atoms with Crippen LogP contribution >= 0.6 is 0 Å². The van der Waals surface area contributed by atoms with E-state index < -0.39 is 0 Å². The zero-order chi connectivity index (χ0) is 18.2. The molecule has 1 heterocycles. The van der Waals surface area contributed by atoms with Crippen molar-refractivity contribution in [3.05, 3.63) is 29.8 Å². The zero-order valence-electron chi connectivity index (χ0n) is 15.6. The van der Waals surface area contributed by atoms with E-state index >= 15 is 0 Å². The molecule has 1 saturated heterocycles. The summed E-state index contributed by atoms with van der Waals surface area (Å²) < 4.78 is 0. The van der Waals surface area contributed by atoms with Crippen LogP contribution < -0.4 is 10.2 Å². The van der Waals surface area contributed by atoms with Gasteiger partial charge in [-0.3, -0.25) is 0 Å². The highest BCUT2D eigenvalue weighted by Gasteiger charge is 2.20. The second kappa shape index (κ2) is 9.47. The molecule has 1 aliphatic heterocycles. The van der Waals surface area contributed by atoms with Crippen molar-refractivity contribution in [2.45, 2.75) is 44.9 Å². The van der Waals surface area contributed by atoms with E-state index in [1.54, 1.807) is 0 Å². The quantitative estimate of drug-likeness (QED) is 0.819. The maximum atomic E-state index is 12.5. The Kier molecular flexibility index (Phi) is 6.76. The van der Waals surface area contributed by atoms with Gasteiger partial charge in [0.2, 0.25) is 0 Å². The van der Waals surface area contributed by atoms with Gasteiger partial charge in [-0.2, -0.15) is 5.26 Å². The molecule has 1 saturated carbocycles. The second-order valence-corrected chi connectivity index (χ2v) is 7.48. The number of anilines is 1. The van der Waals surface area contributed by atoms with Crippen molar-refractivity contribution < 1.29 is 4.79 Å². The Balaban J connectivity index is 1.44. The van der Waals surface area contributed by atoms with Crippen LogP contribution in [-0.2, 0) is 0 Å². The van der Waals surface area contributed by atoms with Crippen molar-refractivity contribution in [1.29, 1.82) is 5.26 Å². The first-order chi connectivity index (χ1) is 12.8. The van der Waals surface area contributed by atoms with E-state index in [1.807, 2.05) is 29.2 Å². The van der Waals surface area contributed by atoms with Crippen LogP contribution in [0.1, 0.15) is 50.5 Å². The number of nitrogens with zero attached hydrogens (tertiary/aromatic N) is 3. The summed E-state index contributed by atoms with van der Waals surface area (Å²) in [4.78, 5) is 16.6. The molecular weight excluding hydrogens is 324 g/mol. The fourth-order valence-corrected chi connectivity index (χ4v) is 4.20. The maximum Gasteiger partial charge on any atom is 0.317 e. The Labute approximate surface area is 157 Å². The number of rotatable bonds is 5. The van der Waals surface area contributed by atoms with Crippen LogP contribution in [0.5, 0.6) is 0 Å². The molecule has 0 bridgehead atoms. The number of nitrogens with one attached hydrogen (secondary N) is 1. The summed E-state index contributed by atoms with van der Waals surface area (Å²) in [7, 11) is 0. The standard InChI is InChI=1S/C21H30N4O/c22-17-19-10-3-4-11-20(19)24-13-6-14-25(16-15-24)21(26)23-12-5-9-18-7-1-2-8-18/h3-4,10-11,18H,1-2,5-9,12-16H2,(H,23,26). The van der Waals surface area contributed by atoms with E-state index in [4.69, 9.17) is 0 Å². The highest BCUT2D eigenvalue weighted by atomic mass is 16.2. The first-order valence-corrected chi connectivity index (χ1v) is 10.0. The Morgan fingerprint density at radius 1 is 1.12 bits per heavy atom. The predicted octanol–water partition coefficient (Wildman–Crippen LogP) is 3.75. The Bertz CT molecular complexity index is 633. The third-order valence-electron chi connectivity index (χ3n) is 5.69. The minimum Gasteiger partial charge on any atom is -0.369 e. The average Bonchev–Trinajstić information content (AvgIpc) is 3.07. The SMILES string of the molecule is N#Cc1ccccc1N1CCCN(C(=O)NCCCC2CCCC2)CC1. The number of para-hydroxylation sites is 1. The van der Waals surface area contributed by atoms with E-state index in [2.05, 4.69) is 16.3 Å². The van der Waals surface area contributed by atoms with Crippen molar-refractivity contribution in [1.82, 2.24) is 10.2 Å². The van der Waals surface area contributed by atoms with Crippen molar-refractivity contribution in [2.24, 2.45) is 5.92 Å². The van der Waals surface area contributed by atoms with Crippen molar-refractivity contribution in [3.8, 4) is 6.07 Å². The Morgan fingerprint density at radius 3 is 2.73 bits per heavy atom. The van der Waals surface area contributed by atoms with Gasteiger partial charge >= 0.3 is 6.03 Å². The van der Waals surface area contributed by atoms with Crippen molar-refractivity contribution in [3.63, 3.8) is 0 Å². The molecule has 0 radical (unpaired) electrons. The lowest BCUT2D eigenvalue weighted by molar-refractivity contribution is 0.201. The molecule has 5 nitrogen and oxygen atoms in total. The van der Waals surface area contributed by atoms with Crippen LogP contribution in [0.15, 0.2) is 24.3 Å². The van der Waals surface area contributed by atoms with Crippen LogP contribution in [0.25, 0.3) is 0 Å². The number of nitriles is 1. The van der Waals surface area contributed by atoms with Gasteiger partial charge in [0.1, 0.15) is 6.07 Å². The van der Waals surface area contributed by atoms with E-state index in [0.717, 1.165) is 50.6 Å². The number of hydrogen-bond acceptors (Lipinski definition) is 3. The lowest BCUT2D eigenvalue weighted by Gasteiger charge is -2.24. The summed E-state index contributed by atoms with van der Waals surface area (Å²) in [6.45, 7) is 3.92. The summed E-state index contributed by atoms with van der Waals surface area (Å²) in [5, 5.41) is 12.4. The summed E-state index contributed by atoms with van der Waals surface area (Å²) in [5.74, 6) is 0.888. The number of carbonyl (C=O) groups excluding carboxylic acids is 1. The second-order valence-electron chi connectivity index (χ2n) is 7.48. The molecule has 2 aliphatic rings. The molecular formula is C21H30N4O. The molecule has 1 aromatic carbocycles. The fraction of sp³-hybridized carbons (Fsp3) is 0.619. The normalized spacial score (nSPS) is 18.4. The van der Waals surface area contributed by atoms with Gasteiger partial charge in [-0.25, -0.2) is 4.79 Å². The average molecular weight is 354 g/mol. The largest absolute Gasteiger partial charge is 0.369 e. The molecule has 0 atom stereocenters. The number of amides is 2. The topological polar surface area (TPSA) is 59.4 Å². The zero-order valence-corrected chi connectivity index (χ0v) is 15.6. The number of carbonyl (C=O) groups is 1. The van der Waals surface area contributed by atoms with Gasteiger partial charge in [-0.1, -0.05) is 37.8 Å². The van der Waals surface area contributed by atoms with Crippen molar-refractivity contribution >= 4 is 11.7 Å². The molecule has 5 heteroatoms. The molecule has 1 N–H and O–H groups in total. The molecule has 1 aromatic rings. The maximum absolute atomic E-state index is 12.5. The van der Waals surface area contributed by atoms with Crippen molar-refractivity contribution in [2.75, 3.05) is 37.6 Å². The summed E-state index contributed by atoms with van der Waals surface area (Å²) in [6, 6.07) is 10.0. The summed E-state index contributed by atoms with van der Waals surface area (Å²) >= 11 is 0. The van der Waals surface area contributed by atoms with Crippen LogP contribution in [-0.4, -0.2) is 43.7 Å². The molecule has 1 aliphatic carbocycles. The smallest absolute Gasteiger partial charge is 0.317 e. The molecule has 140 valence electrons. The van der Waals surface area contributed by atoms with E-state index in [1.165, 1.54) is 32.1 Å². The molecule has 2 fully saturated rings. The van der Waals surface area contributed by atoms with Gasteiger partial charge in [-0.15, -0.1) is 0 Å².